The van der Waals surface area contributed by atoms with Crippen LogP contribution in [-0.4, -0.2) is 11.1 Å². The van der Waals surface area contributed by atoms with Crippen LogP contribution < -0.4 is 4.18 Å². The third-order valence-electron chi connectivity index (χ3n) is 1.27. The number of carboxylic acids is 1. The minimum atomic E-state index is -0.951. The summed E-state index contributed by atoms with van der Waals surface area (Å²) in [7, 11) is 1.32. The molecular formula is C7H5HgO3S. The van der Waals surface area contributed by atoms with E-state index in [1.54, 1.807) is 18.2 Å². The van der Waals surface area contributed by atoms with Crippen molar-refractivity contribution in [2.24, 2.45) is 0 Å². The van der Waals surface area contributed by atoms with Crippen molar-refractivity contribution in [2.75, 3.05) is 0 Å². The third kappa shape index (κ3) is 2.38. The number of carbonyl (C=O) groups is 1. The second-order valence-electron chi connectivity index (χ2n) is 2.00. The van der Waals surface area contributed by atoms with E-state index in [0.29, 0.717) is 30.4 Å². The molecule has 0 atom stereocenters. The molecular weight excluding hydrogens is 365 g/mol. The van der Waals surface area contributed by atoms with Crippen molar-refractivity contribution < 1.29 is 38.7 Å². The molecule has 0 spiro atoms. The first kappa shape index (κ1) is 9.86. The monoisotopic (exact) mass is 371 g/mol. The summed E-state index contributed by atoms with van der Waals surface area (Å²) in [6.07, 6.45) is 0. The van der Waals surface area contributed by atoms with Crippen molar-refractivity contribution in [3.8, 4) is 5.75 Å². The number of hydrogen-bond acceptors (Lipinski definition) is 3. The SMILES string of the molecule is O=C(O)c1ccccc1O[S][Hg]. The average Bonchev–Trinajstić information content (AvgIpc) is 2.05. The van der Waals surface area contributed by atoms with E-state index in [1.165, 1.54) is 14.6 Å². The predicted octanol–water partition coefficient (Wildman–Crippen LogP) is 1.87. The van der Waals surface area contributed by atoms with E-state index in [4.69, 9.17) is 9.29 Å². The van der Waals surface area contributed by atoms with Gasteiger partial charge in [-0.2, -0.15) is 0 Å². The molecule has 1 N–H and O–H groups in total. The Labute approximate surface area is 88.4 Å². The molecule has 0 radical (unpaired) electrons. The maximum absolute atomic E-state index is 10.6. The molecule has 0 fully saturated rings. The van der Waals surface area contributed by atoms with Crippen molar-refractivity contribution in [3.05, 3.63) is 29.8 Å². The van der Waals surface area contributed by atoms with Crippen LogP contribution in [-0.2, 0) is 24.6 Å². The van der Waals surface area contributed by atoms with Crippen molar-refractivity contribution in [1.82, 2.24) is 0 Å². The van der Waals surface area contributed by atoms with E-state index in [-0.39, 0.29) is 5.56 Å². The summed E-state index contributed by atoms with van der Waals surface area (Å²) in [6, 6.07) is 6.62. The van der Waals surface area contributed by atoms with Gasteiger partial charge in [-0.05, 0) is 0 Å². The van der Waals surface area contributed by atoms with E-state index in [2.05, 4.69) is 0 Å². The fourth-order valence-electron chi connectivity index (χ4n) is 0.779. The molecule has 59 valence electrons. The van der Waals surface area contributed by atoms with Gasteiger partial charge >= 0.3 is 88.8 Å². The normalized spacial score (nSPS) is 9.50. The van der Waals surface area contributed by atoms with Gasteiger partial charge in [0, 0.05) is 0 Å². The van der Waals surface area contributed by atoms with Gasteiger partial charge in [0.2, 0.25) is 0 Å². The molecule has 3 nitrogen and oxygen atoms in total. The fraction of sp³-hybridized carbons (Fsp3) is 0. The van der Waals surface area contributed by atoms with Gasteiger partial charge in [0.25, 0.3) is 0 Å². The Morgan fingerprint density at radius 2 is 2.17 bits per heavy atom. The average molecular weight is 370 g/mol. The molecule has 0 heterocycles. The number of carboxylic acid groups (broad SMARTS) is 1. The first-order valence-corrected chi connectivity index (χ1v) is 10.8. The van der Waals surface area contributed by atoms with Gasteiger partial charge in [-0.15, -0.1) is 0 Å². The summed E-state index contributed by atoms with van der Waals surface area (Å²) in [5.74, 6) is -0.516. The van der Waals surface area contributed by atoms with Gasteiger partial charge in [0.1, 0.15) is 0 Å². The maximum atomic E-state index is 10.6. The molecule has 0 bridgehead atoms. The van der Waals surface area contributed by atoms with E-state index in [0.717, 1.165) is 0 Å². The standard InChI is InChI=1S/C7H6O3S.Hg/c8-7(9)5-3-1-2-4-6(5)10-11;/h1-4,11H,(H,8,9);/q;+1/p-1. The number of rotatable bonds is 3. The predicted molar refractivity (Wildman–Crippen MR) is 41.6 cm³/mol. The molecule has 0 aliphatic heterocycles. The zero-order chi connectivity index (χ0) is 8.97. The fourth-order valence-corrected chi connectivity index (χ4v) is 2.53. The summed E-state index contributed by atoms with van der Waals surface area (Å²) in [4.78, 5) is 10.6. The van der Waals surface area contributed by atoms with E-state index < -0.39 is 5.97 Å². The summed E-state index contributed by atoms with van der Waals surface area (Å²) in [5, 5.41) is 8.72. The topological polar surface area (TPSA) is 46.5 Å². The quantitative estimate of drug-likeness (QED) is 0.653. The van der Waals surface area contributed by atoms with Crippen LogP contribution in [0.2, 0.25) is 0 Å². The summed E-state index contributed by atoms with van der Waals surface area (Å²) >= 11 is 0.453. The van der Waals surface area contributed by atoms with Crippen LogP contribution in [0.4, 0.5) is 0 Å². The van der Waals surface area contributed by atoms with Crippen LogP contribution in [0.3, 0.4) is 0 Å². The van der Waals surface area contributed by atoms with Gasteiger partial charge in [0.15, 0.2) is 0 Å². The Morgan fingerprint density at radius 1 is 1.50 bits per heavy atom. The second kappa shape index (κ2) is 4.72. The Morgan fingerprint density at radius 3 is 2.75 bits per heavy atom. The zero-order valence-electron chi connectivity index (χ0n) is 6.19. The number of aromatic carboxylic acids is 1. The first-order chi connectivity index (χ1) is 5.75. The van der Waals surface area contributed by atoms with Gasteiger partial charge in [-0.3, -0.25) is 0 Å². The summed E-state index contributed by atoms with van der Waals surface area (Å²) in [5.41, 5.74) is 0.218. The van der Waals surface area contributed by atoms with Crippen molar-refractivity contribution >= 4 is 14.5 Å². The third-order valence-corrected chi connectivity index (χ3v) is 2.94. The molecule has 12 heavy (non-hydrogen) atoms. The van der Waals surface area contributed by atoms with Gasteiger partial charge < -0.3 is 0 Å². The Balaban J connectivity index is 3.00. The summed E-state index contributed by atoms with van der Waals surface area (Å²) in [6.45, 7) is 0. The molecule has 1 aromatic rings. The Hall–Kier alpha value is -0.225. The Bertz CT molecular complexity index is 290. The zero-order valence-corrected chi connectivity index (χ0v) is 12.5. The molecule has 5 heteroatoms. The number of benzene rings is 1. The molecule has 0 amide bonds. The van der Waals surface area contributed by atoms with Crippen molar-refractivity contribution in [1.29, 1.82) is 0 Å². The molecule has 0 unspecified atom stereocenters. The van der Waals surface area contributed by atoms with Crippen LogP contribution in [0.5, 0.6) is 5.75 Å². The van der Waals surface area contributed by atoms with Crippen molar-refractivity contribution in [2.45, 2.75) is 0 Å². The van der Waals surface area contributed by atoms with E-state index in [1.807, 2.05) is 0 Å². The van der Waals surface area contributed by atoms with Gasteiger partial charge in [-0.25, -0.2) is 0 Å². The molecule has 0 aromatic heterocycles. The Kier molecular flexibility index (Phi) is 3.88. The van der Waals surface area contributed by atoms with Crippen LogP contribution in [0, 0.1) is 0 Å². The van der Waals surface area contributed by atoms with Crippen molar-refractivity contribution in [3.63, 3.8) is 0 Å². The molecule has 1 aromatic carbocycles. The molecule has 0 saturated heterocycles. The van der Waals surface area contributed by atoms with E-state index in [9.17, 15) is 4.79 Å². The molecule has 1 rings (SSSR count). The first-order valence-electron chi connectivity index (χ1n) is 3.16. The minimum absolute atomic E-state index is 0.218. The molecule has 0 aliphatic rings. The summed E-state index contributed by atoms with van der Waals surface area (Å²) < 4.78 is 5.12. The van der Waals surface area contributed by atoms with Crippen LogP contribution >= 0.6 is 8.52 Å². The number of hydrogen-bond donors (Lipinski definition) is 1. The van der Waals surface area contributed by atoms with Crippen LogP contribution in [0.1, 0.15) is 10.4 Å². The number of para-hydroxylation sites is 1. The van der Waals surface area contributed by atoms with Gasteiger partial charge in [-0.1, -0.05) is 0 Å². The van der Waals surface area contributed by atoms with E-state index >= 15 is 0 Å². The van der Waals surface area contributed by atoms with Gasteiger partial charge in [0.05, 0.1) is 0 Å². The molecule has 0 saturated carbocycles. The molecule has 0 aliphatic carbocycles. The second-order valence-corrected chi connectivity index (χ2v) is 5.15. The van der Waals surface area contributed by atoms with Crippen LogP contribution in [0.15, 0.2) is 24.3 Å². The van der Waals surface area contributed by atoms with Crippen LogP contribution in [0.25, 0.3) is 0 Å².